The maximum atomic E-state index is 13.3. The van der Waals surface area contributed by atoms with Crippen molar-refractivity contribution < 1.29 is 22.4 Å². The van der Waals surface area contributed by atoms with E-state index >= 15 is 0 Å². The van der Waals surface area contributed by atoms with Crippen LogP contribution >= 0.6 is 15.9 Å². The Morgan fingerprint density at radius 1 is 1.29 bits per heavy atom. The summed E-state index contributed by atoms with van der Waals surface area (Å²) in [5.41, 5.74) is -0.171. The molecule has 0 spiro atoms. The van der Waals surface area contributed by atoms with E-state index in [-0.39, 0.29) is 18.4 Å². The minimum atomic E-state index is -4.28. The van der Waals surface area contributed by atoms with Crippen LogP contribution in [0.3, 0.4) is 0 Å². The molecule has 1 rings (SSSR count). The van der Waals surface area contributed by atoms with Gasteiger partial charge in [0.2, 0.25) is 0 Å². The maximum Gasteiger partial charge on any atom is 0.389 e. The van der Waals surface area contributed by atoms with Crippen LogP contribution in [0.1, 0.15) is 29.6 Å². The molecule has 0 aliphatic carbocycles. The van der Waals surface area contributed by atoms with Gasteiger partial charge < -0.3 is 0 Å². The minimum Gasteiger partial charge on any atom is -0.294 e. The standard InChI is InChI=1S/C11H9BrF4O/c12-7-3-4-8(9(13)6-7)10(17)2-1-5-11(14,15)16/h3-4,6H,1-2,5H2. The average molecular weight is 313 g/mol. The Morgan fingerprint density at radius 3 is 2.47 bits per heavy atom. The van der Waals surface area contributed by atoms with E-state index in [2.05, 4.69) is 15.9 Å². The summed E-state index contributed by atoms with van der Waals surface area (Å²) >= 11 is 3.02. The van der Waals surface area contributed by atoms with Crippen molar-refractivity contribution in [2.45, 2.75) is 25.4 Å². The SMILES string of the molecule is O=C(CCCC(F)(F)F)c1ccc(Br)cc1F. The Kier molecular flexibility index (Phi) is 4.68. The highest BCUT2D eigenvalue weighted by atomic mass is 79.9. The number of hydrogen-bond acceptors (Lipinski definition) is 1. The first-order valence-electron chi connectivity index (χ1n) is 4.84. The number of benzene rings is 1. The first-order chi connectivity index (χ1) is 7.79. The van der Waals surface area contributed by atoms with Crippen molar-refractivity contribution in [3.8, 4) is 0 Å². The third-order valence-corrected chi connectivity index (χ3v) is 2.59. The van der Waals surface area contributed by atoms with E-state index < -0.39 is 24.2 Å². The molecule has 0 amide bonds. The number of Topliss-reactive ketones (excluding diaryl/α,β-unsaturated/α-hetero) is 1. The summed E-state index contributed by atoms with van der Waals surface area (Å²) in [5, 5.41) is 0. The molecule has 0 saturated heterocycles. The van der Waals surface area contributed by atoms with Gasteiger partial charge in [-0.05, 0) is 24.6 Å². The molecule has 0 saturated carbocycles. The molecule has 1 aromatic rings. The van der Waals surface area contributed by atoms with Gasteiger partial charge in [-0.3, -0.25) is 4.79 Å². The van der Waals surface area contributed by atoms with E-state index in [9.17, 15) is 22.4 Å². The van der Waals surface area contributed by atoms with Crippen molar-refractivity contribution in [2.24, 2.45) is 0 Å². The molecule has 17 heavy (non-hydrogen) atoms. The van der Waals surface area contributed by atoms with E-state index in [1.54, 1.807) is 0 Å². The molecule has 6 heteroatoms. The number of rotatable bonds is 4. The number of halogens is 5. The zero-order valence-electron chi connectivity index (χ0n) is 8.65. The van der Waals surface area contributed by atoms with Gasteiger partial charge in [-0.25, -0.2) is 4.39 Å². The Hall–Kier alpha value is -0.910. The lowest BCUT2D eigenvalue weighted by molar-refractivity contribution is -0.135. The third-order valence-electron chi connectivity index (χ3n) is 2.10. The number of ketones is 1. The van der Waals surface area contributed by atoms with Crippen LogP contribution in [0.2, 0.25) is 0 Å². The quantitative estimate of drug-likeness (QED) is 0.591. The molecule has 0 fully saturated rings. The smallest absolute Gasteiger partial charge is 0.294 e. The average Bonchev–Trinajstić information content (AvgIpc) is 2.15. The minimum absolute atomic E-state index is 0.171. The monoisotopic (exact) mass is 312 g/mol. The molecule has 0 heterocycles. The second-order valence-electron chi connectivity index (χ2n) is 3.52. The number of carbonyl (C=O) groups excluding carboxylic acids is 1. The molecule has 94 valence electrons. The molecule has 0 aromatic heterocycles. The fourth-order valence-corrected chi connectivity index (χ4v) is 1.63. The third kappa shape index (κ3) is 4.85. The Balaban J connectivity index is 2.59. The summed E-state index contributed by atoms with van der Waals surface area (Å²) < 4.78 is 49.3. The normalized spacial score (nSPS) is 11.6. The Labute approximate surface area is 104 Å². The van der Waals surface area contributed by atoms with Gasteiger partial charge in [0.15, 0.2) is 5.78 Å². The molecule has 0 N–H and O–H groups in total. The predicted octanol–water partition coefficient (Wildman–Crippen LogP) is 4.50. The highest BCUT2D eigenvalue weighted by Gasteiger charge is 2.26. The van der Waals surface area contributed by atoms with Gasteiger partial charge in [0.05, 0.1) is 5.56 Å². The molecule has 1 aromatic carbocycles. The summed E-state index contributed by atoms with van der Waals surface area (Å²) in [6, 6.07) is 3.84. The highest BCUT2D eigenvalue weighted by molar-refractivity contribution is 9.10. The topological polar surface area (TPSA) is 17.1 Å². The lowest BCUT2D eigenvalue weighted by Crippen LogP contribution is -2.09. The van der Waals surface area contributed by atoms with E-state index in [1.165, 1.54) is 12.1 Å². The molecular weight excluding hydrogens is 304 g/mol. The largest absolute Gasteiger partial charge is 0.389 e. The van der Waals surface area contributed by atoms with Crippen molar-refractivity contribution in [1.82, 2.24) is 0 Å². The molecule has 0 bridgehead atoms. The van der Waals surface area contributed by atoms with Gasteiger partial charge >= 0.3 is 6.18 Å². The number of alkyl halides is 3. The van der Waals surface area contributed by atoms with E-state index in [4.69, 9.17) is 0 Å². The molecular formula is C11H9BrF4O. The molecule has 0 atom stereocenters. The van der Waals surface area contributed by atoms with Crippen LogP contribution in [-0.4, -0.2) is 12.0 Å². The number of carbonyl (C=O) groups is 1. The van der Waals surface area contributed by atoms with Crippen molar-refractivity contribution in [3.63, 3.8) is 0 Å². The second kappa shape index (κ2) is 5.62. The Morgan fingerprint density at radius 2 is 1.94 bits per heavy atom. The fraction of sp³-hybridized carbons (Fsp3) is 0.364. The van der Waals surface area contributed by atoms with Crippen molar-refractivity contribution in [1.29, 1.82) is 0 Å². The van der Waals surface area contributed by atoms with Gasteiger partial charge in [0.25, 0.3) is 0 Å². The second-order valence-corrected chi connectivity index (χ2v) is 4.43. The molecule has 1 nitrogen and oxygen atoms in total. The van der Waals surface area contributed by atoms with Gasteiger partial charge in [-0.2, -0.15) is 13.2 Å². The zero-order valence-corrected chi connectivity index (χ0v) is 10.2. The van der Waals surface area contributed by atoms with Crippen LogP contribution in [0.4, 0.5) is 17.6 Å². The van der Waals surface area contributed by atoms with Gasteiger partial charge in [0.1, 0.15) is 5.82 Å². The molecule has 0 radical (unpaired) electrons. The summed E-state index contributed by atoms with van der Waals surface area (Å²) in [4.78, 5) is 11.4. The van der Waals surface area contributed by atoms with Crippen molar-refractivity contribution in [3.05, 3.63) is 34.1 Å². The lowest BCUT2D eigenvalue weighted by Gasteiger charge is -2.06. The predicted molar refractivity (Wildman–Crippen MR) is 58.3 cm³/mol. The first kappa shape index (κ1) is 14.2. The molecule has 0 unspecified atom stereocenters. The van der Waals surface area contributed by atoms with Crippen LogP contribution in [-0.2, 0) is 0 Å². The van der Waals surface area contributed by atoms with Gasteiger partial charge in [-0.1, -0.05) is 15.9 Å². The fourth-order valence-electron chi connectivity index (χ4n) is 1.30. The summed E-state index contributed by atoms with van der Waals surface area (Å²) in [6.07, 6.45) is -5.94. The summed E-state index contributed by atoms with van der Waals surface area (Å²) in [5.74, 6) is -1.34. The maximum absolute atomic E-state index is 13.3. The molecule has 0 aliphatic rings. The lowest BCUT2D eigenvalue weighted by atomic mass is 10.1. The van der Waals surface area contributed by atoms with Crippen molar-refractivity contribution in [2.75, 3.05) is 0 Å². The summed E-state index contributed by atoms with van der Waals surface area (Å²) in [6.45, 7) is 0. The van der Waals surface area contributed by atoms with Crippen LogP contribution in [0.25, 0.3) is 0 Å². The van der Waals surface area contributed by atoms with Crippen LogP contribution < -0.4 is 0 Å². The van der Waals surface area contributed by atoms with Gasteiger partial charge in [0, 0.05) is 17.3 Å². The van der Waals surface area contributed by atoms with E-state index in [0.717, 1.165) is 6.07 Å². The van der Waals surface area contributed by atoms with E-state index in [0.29, 0.717) is 4.47 Å². The van der Waals surface area contributed by atoms with Crippen molar-refractivity contribution >= 4 is 21.7 Å². The van der Waals surface area contributed by atoms with Crippen LogP contribution in [0.5, 0.6) is 0 Å². The number of hydrogen-bond donors (Lipinski definition) is 0. The van der Waals surface area contributed by atoms with Crippen LogP contribution in [0.15, 0.2) is 22.7 Å². The Bertz CT molecular complexity index is 414. The van der Waals surface area contributed by atoms with Crippen LogP contribution in [0, 0.1) is 5.82 Å². The van der Waals surface area contributed by atoms with E-state index in [1.807, 2.05) is 0 Å². The van der Waals surface area contributed by atoms with Gasteiger partial charge in [-0.15, -0.1) is 0 Å². The highest BCUT2D eigenvalue weighted by Crippen LogP contribution is 2.23. The first-order valence-corrected chi connectivity index (χ1v) is 5.64. The molecule has 0 aliphatic heterocycles. The zero-order chi connectivity index (χ0) is 13.1. The summed E-state index contributed by atoms with van der Waals surface area (Å²) in [7, 11) is 0.